The van der Waals surface area contributed by atoms with Gasteiger partial charge in [-0.25, -0.2) is 0 Å². The van der Waals surface area contributed by atoms with Crippen LogP contribution < -0.4 is 5.56 Å². The number of Topliss-reactive ketones (excluding diaryl/α,β-unsaturated/α-hetero) is 1. The van der Waals surface area contributed by atoms with Crippen LogP contribution in [0, 0.1) is 0 Å². The summed E-state index contributed by atoms with van der Waals surface area (Å²) in [6.45, 7) is 2.05. The summed E-state index contributed by atoms with van der Waals surface area (Å²) >= 11 is 6.33. The van der Waals surface area contributed by atoms with Gasteiger partial charge < -0.3 is 4.90 Å². The van der Waals surface area contributed by atoms with Gasteiger partial charge in [0.15, 0.2) is 5.78 Å². The van der Waals surface area contributed by atoms with Gasteiger partial charge in [0.2, 0.25) is 5.91 Å². The molecule has 0 N–H and O–H groups in total. The molecule has 1 amide bonds. The van der Waals surface area contributed by atoms with Crippen LogP contribution >= 0.6 is 11.6 Å². The van der Waals surface area contributed by atoms with E-state index in [0.717, 1.165) is 16.7 Å². The highest BCUT2D eigenvalue weighted by Gasteiger charge is 2.23. The van der Waals surface area contributed by atoms with Crippen LogP contribution in [-0.4, -0.2) is 35.3 Å². The quantitative estimate of drug-likeness (QED) is 0.279. The van der Waals surface area contributed by atoms with Crippen molar-refractivity contribution in [3.63, 3.8) is 0 Å². The van der Waals surface area contributed by atoms with Crippen LogP contribution in [0.5, 0.6) is 0 Å². The van der Waals surface area contributed by atoms with E-state index in [2.05, 4.69) is 0 Å². The number of amides is 1. The molecule has 3 aromatic carbocycles. The fourth-order valence-corrected chi connectivity index (χ4v) is 4.64. The topological polar surface area (TPSA) is 59.4 Å². The number of hydrogen-bond acceptors (Lipinski definition) is 3. The summed E-state index contributed by atoms with van der Waals surface area (Å²) in [5.41, 5.74) is 3.63. The Kier molecular flexibility index (Phi) is 7.70. The lowest BCUT2D eigenvalue weighted by Crippen LogP contribution is -2.28. The number of rotatable bonds is 8. The molecule has 184 valence electrons. The molecule has 0 aliphatic carbocycles. The number of ketones is 1. The molecule has 0 saturated carbocycles. The zero-order chi connectivity index (χ0) is 25.8. The highest BCUT2D eigenvalue weighted by Crippen LogP contribution is 2.33. The van der Waals surface area contributed by atoms with Gasteiger partial charge in [0.25, 0.3) is 5.56 Å². The Hall–Kier alpha value is -3.70. The van der Waals surface area contributed by atoms with Crippen molar-refractivity contribution in [3.05, 3.63) is 105 Å². The molecule has 0 unspecified atom stereocenters. The third-order valence-electron chi connectivity index (χ3n) is 6.34. The van der Waals surface area contributed by atoms with Gasteiger partial charge >= 0.3 is 0 Å². The number of nitrogens with zero attached hydrogens (tertiary/aromatic N) is 2. The zero-order valence-electron chi connectivity index (χ0n) is 20.8. The van der Waals surface area contributed by atoms with Gasteiger partial charge in [0, 0.05) is 42.9 Å². The molecule has 0 aliphatic rings. The fourth-order valence-electron chi connectivity index (χ4n) is 4.47. The van der Waals surface area contributed by atoms with Crippen molar-refractivity contribution in [1.82, 2.24) is 9.47 Å². The van der Waals surface area contributed by atoms with Crippen molar-refractivity contribution in [2.24, 2.45) is 0 Å². The van der Waals surface area contributed by atoms with Crippen molar-refractivity contribution in [3.8, 4) is 11.1 Å². The number of carbonyl (C=O) groups is 2. The van der Waals surface area contributed by atoms with E-state index in [1.165, 1.54) is 0 Å². The Morgan fingerprint density at radius 2 is 1.61 bits per heavy atom. The summed E-state index contributed by atoms with van der Waals surface area (Å²) < 4.78 is 1.59. The standard InChI is InChI=1S/C30H29ClN2O3/c1-4-26(34)29-28(22-11-6-5-7-12-22)25-18-23(31)14-15-24(25)30(36)33(29)19-21-10-8-9-20(17-21)13-16-27(35)32(2)3/h5-12,14-15,17-18H,4,13,16,19H2,1-3H3. The van der Waals surface area contributed by atoms with Crippen LogP contribution in [-0.2, 0) is 17.8 Å². The predicted octanol–water partition coefficient (Wildman–Crippen LogP) is 5.98. The summed E-state index contributed by atoms with van der Waals surface area (Å²) in [4.78, 5) is 40.8. The molecule has 0 bridgehead atoms. The maximum Gasteiger partial charge on any atom is 0.259 e. The second-order valence-corrected chi connectivity index (χ2v) is 9.49. The molecular weight excluding hydrogens is 472 g/mol. The predicted molar refractivity (Wildman–Crippen MR) is 146 cm³/mol. The molecule has 0 fully saturated rings. The van der Waals surface area contributed by atoms with Crippen molar-refractivity contribution >= 4 is 34.1 Å². The first-order chi connectivity index (χ1) is 17.3. The number of fused-ring (bicyclic) bond motifs is 1. The zero-order valence-corrected chi connectivity index (χ0v) is 21.5. The van der Waals surface area contributed by atoms with Crippen LogP contribution in [0.15, 0.2) is 77.6 Å². The molecule has 1 aromatic heterocycles. The average Bonchev–Trinajstić information content (AvgIpc) is 2.88. The fraction of sp³-hybridized carbons (Fsp3) is 0.233. The first-order valence-corrected chi connectivity index (χ1v) is 12.4. The summed E-state index contributed by atoms with van der Waals surface area (Å²) in [6.07, 6.45) is 1.27. The van der Waals surface area contributed by atoms with E-state index in [1.807, 2.05) is 54.6 Å². The van der Waals surface area contributed by atoms with Gasteiger partial charge in [0.1, 0.15) is 0 Å². The maximum absolute atomic E-state index is 13.8. The normalized spacial score (nSPS) is 11.0. The minimum absolute atomic E-state index is 0.0631. The number of aromatic nitrogens is 1. The molecule has 5 nitrogen and oxygen atoms in total. The number of pyridine rings is 1. The Balaban J connectivity index is 1.89. The average molecular weight is 501 g/mol. The van der Waals surface area contributed by atoms with E-state index in [0.29, 0.717) is 39.9 Å². The van der Waals surface area contributed by atoms with E-state index in [1.54, 1.807) is 48.7 Å². The monoisotopic (exact) mass is 500 g/mol. The minimum atomic E-state index is -0.230. The molecule has 36 heavy (non-hydrogen) atoms. The van der Waals surface area contributed by atoms with Crippen LogP contribution in [0.4, 0.5) is 0 Å². The first-order valence-electron chi connectivity index (χ1n) is 12.0. The van der Waals surface area contributed by atoms with E-state index in [9.17, 15) is 14.4 Å². The lowest BCUT2D eigenvalue weighted by Gasteiger charge is -2.20. The molecule has 0 saturated heterocycles. The van der Waals surface area contributed by atoms with Gasteiger partial charge in [-0.05, 0) is 46.7 Å². The second kappa shape index (κ2) is 10.9. The maximum atomic E-state index is 13.8. The number of halogens is 1. The molecular formula is C30H29ClN2O3. The van der Waals surface area contributed by atoms with Gasteiger partial charge in [-0.2, -0.15) is 0 Å². The van der Waals surface area contributed by atoms with Crippen molar-refractivity contribution < 1.29 is 9.59 Å². The van der Waals surface area contributed by atoms with Crippen LogP contribution in [0.2, 0.25) is 5.02 Å². The highest BCUT2D eigenvalue weighted by molar-refractivity contribution is 6.31. The van der Waals surface area contributed by atoms with Gasteiger partial charge in [-0.3, -0.25) is 19.0 Å². The van der Waals surface area contributed by atoms with Crippen LogP contribution in [0.1, 0.15) is 41.4 Å². The van der Waals surface area contributed by atoms with Gasteiger partial charge in [-0.15, -0.1) is 0 Å². The van der Waals surface area contributed by atoms with Crippen LogP contribution in [0.25, 0.3) is 21.9 Å². The summed E-state index contributed by atoms with van der Waals surface area (Å²) in [6, 6.07) is 22.7. The Labute approximate surface area is 215 Å². The molecule has 0 spiro atoms. The molecule has 4 aromatic rings. The Bertz CT molecular complexity index is 1490. The molecule has 0 radical (unpaired) electrons. The van der Waals surface area contributed by atoms with E-state index < -0.39 is 0 Å². The third-order valence-corrected chi connectivity index (χ3v) is 6.57. The second-order valence-electron chi connectivity index (χ2n) is 9.06. The lowest BCUT2D eigenvalue weighted by atomic mass is 9.94. The lowest BCUT2D eigenvalue weighted by molar-refractivity contribution is -0.128. The van der Waals surface area contributed by atoms with E-state index in [4.69, 9.17) is 11.6 Å². The molecule has 0 aliphatic heterocycles. The molecule has 4 rings (SSSR count). The molecule has 1 heterocycles. The largest absolute Gasteiger partial charge is 0.349 e. The molecule has 0 atom stereocenters. The molecule has 6 heteroatoms. The Morgan fingerprint density at radius 1 is 0.889 bits per heavy atom. The smallest absolute Gasteiger partial charge is 0.259 e. The minimum Gasteiger partial charge on any atom is -0.349 e. The summed E-state index contributed by atoms with van der Waals surface area (Å²) in [5.74, 6) is -0.0475. The van der Waals surface area contributed by atoms with E-state index in [-0.39, 0.29) is 30.2 Å². The number of carbonyl (C=O) groups excluding carboxylic acids is 2. The van der Waals surface area contributed by atoms with Crippen molar-refractivity contribution in [2.75, 3.05) is 14.1 Å². The SMILES string of the molecule is CCC(=O)c1c(-c2ccccc2)c2cc(Cl)ccc2c(=O)n1Cc1cccc(CCC(=O)N(C)C)c1. The van der Waals surface area contributed by atoms with Crippen LogP contribution in [0.3, 0.4) is 0 Å². The Morgan fingerprint density at radius 3 is 2.31 bits per heavy atom. The van der Waals surface area contributed by atoms with Gasteiger partial charge in [0.05, 0.1) is 12.2 Å². The number of hydrogen-bond donors (Lipinski definition) is 0. The van der Waals surface area contributed by atoms with Gasteiger partial charge in [-0.1, -0.05) is 73.1 Å². The summed E-state index contributed by atoms with van der Waals surface area (Å²) in [7, 11) is 3.49. The van der Waals surface area contributed by atoms with Crippen molar-refractivity contribution in [2.45, 2.75) is 32.7 Å². The number of aryl methyl sites for hydroxylation is 1. The van der Waals surface area contributed by atoms with E-state index >= 15 is 0 Å². The third kappa shape index (κ3) is 5.26. The highest BCUT2D eigenvalue weighted by atomic mass is 35.5. The van der Waals surface area contributed by atoms with Crippen molar-refractivity contribution in [1.29, 1.82) is 0 Å². The number of benzene rings is 3. The summed E-state index contributed by atoms with van der Waals surface area (Å²) in [5, 5.41) is 1.69. The first kappa shape index (κ1) is 25.4.